The summed E-state index contributed by atoms with van der Waals surface area (Å²) in [7, 11) is 0. The SMILES string of the molecule is CC(NC(=O)c1ccccc1NC(=O)CN1C(=O)CCC1=O)c1ccccc1. The quantitative estimate of drug-likeness (QED) is 0.753. The Morgan fingerprint density at radius 2 is 1.57 bits per heavy atom. The number of hydrogen-bond donors (Lipinski definition) is 2. The molecule has 2 N–H and O–H groups in total. The molecule has 2 aromatic rings. The van der Waals surface area contributed by atoms with Gasteiger partial charge in [-0.2, -0.15) is 0 Å². The zero-order chi connectivity index (χ0) is 20.1. The molecule has 1 saturated heterocycles. The summed E-state index contributed by atoms with van der Waals surface area (Å²) in [6, 6.07) is 15.9. The van der Waals surface area contributed by atoms with Crippen LogP contribution >= 0.6 is 0 Å². The molecule has 144 valence electrons. The molecule has 0 aromatic heterocycles. The lowest BCUT2D eigenvalue weighted by atomic mass is 10.1. The Hall–Kier alpha value is -3.48. The average Bonchev–Trinajstić information content (AvgIpc) is 3.01. The predicted molar refractivity (Wildman–Crippen MR) is 103 cm³/mol. The van der Waals surface area contributed by atoms with Crippen LogP contribution in [0.2, 0.25) is 0 Å². The van der Waals surface area contributed by atoms with Crippen molar-refractivity contribution in [2.45, 2.75) is 25.8 Å². The lowest BCUT2D eigenvalue weighted by molar-refractivity contribution is -0.141. The number of para-hydroxylation sites is 1. The summed E-state index contributed by atoms with van der Waals surface area (Å²) >= 11 is 0. The Bertz CT molecular complexity index is 895. The van der Waals surface area contributed by atoms with Crippen LogP contribution in [0.3, 0.4) is 0 Å². The Kier molecular flexibility index (Phi) is 5.84. The molecule has 0 radical (unpaired) electrons. The molecule has 7 heteroatoms. The molecule has 1 aliphatic rings. The minimum atomic E-state index is -0.528. The molecule has 28 heavy (non-hydrogen) atoms. The van der Waals surface area contributed by atoms with Gasteiger partial charge in [0.2, 0.25) is 17.7 Å². The van der Waals surface area contributed by atoms with E-state index >= 15 is 0 Å². The highest BCUT2D eigenvalue weighted by Crippen LogP contribution is 2.18. The van der Waals surface area contributed by atoms with Gasteiger partial charge in [-0.1, -0.05) is 42.5 Å². The Balaban J connectivity index is 1.68. The standard InChI is InChI=1S/C21H21N3O4/c1-14(15-7-3-2-4-8-15)22-21(28)16-9-5-6-10-17(16)23-18(25)13-24-19(26)11-12-20(24)27/h2-10,14H,11-13H2,1H3,(H,22,28)(H,23,25). The van der Waals surface area contributed by atoms with Crippen LogP contribution in [0.1, 0.15) is 41.7 Å². The molecular weight excluding hydrogens is 358 g/mol. The molecule has 1 fully saturated rings. The molecule has 4 amide bonds. The molecule has 1 aliphatic heterocycles. The molecule has 0 spiro atoms. The van der Waals surface area contributed by atoms with Crippen molar-refractivity contribution in [3.8, 4) is 0 Å². The van der Waals surface area contributed by atoms with Crippen molar-refractivity contribution < 1.29 is 19.2 Å². The van der Waals surface area contributed by atoms with Crippen LogP contribution in [-0.2, 0) is 14.4 Å². The number of carbonyl (C=O) groups is 4. The summed E-state index contributed by atoms with van der Waals surface area (Å²) in [4.78, 5) is 49.3. The van der Waals surface area contributed by atoms with Gasteiger partial charge in [-0.25, -0.2) is 0 Å². The molecule has 1 heterocycles. The van der Waals surface area contributed by atoms with Crippen molar-refractivity contribution in [1.82, 2.24) is 10.2 Å². The van der Waals surface area contributed by atoms with Crippen LogP contribution < -0.4 is 10.6 Å². The van der Waals surface area contributed by atoms with Gasteiger partial charge in [0.25, 0.3) is 5.91 Å². The van der Waals surface area contributed by atoms with Crippen molar-refractivity contribution in [1.29, 1.82) is 0 Å². The highest BCUT2D eigenvalue weighted by Gasteiger charge is 2.30. The number of hydrogen-bond acceptors (Lipinski definition) is 4. The average molecular weight is 379 g/mol. The van der Waals surface area contributed by atoms with Gasteiger partial charge >= 0.3 is 0 Å². The van der Waals surface area contributed by atoms with Crippen LogP contribution in [0.25, 0.3) is 0 Å². The van der Waals surface area contributed by atoms with Gasteiger partial charge in [-0.05, 0) is 24.6 Å². The largest absolute Gasteiger partial charge is 0.345 e. The zero-order valence-electron chi connectivity index (χ0n) is 15.5. The summed E-state index contributed by atoms with van der Waals surface area (Å²) < 4.78 is 0. The normalized spacial score (nSPS) is 14.7. The Labute approximate surface area is 162 Å². The van der Waals surface area contributed by atoms with Gasteiger partial charge in [-0.15, -0.1) is 0 Å². The van der Waals surface area contributed by atoms with Crippen LogP contribution in [0.15, 0.2) is 54.6 Å². The highest BCUT2D eigenvalue weighted by molar-refractivity contribution is 6.08. The zero-order valence-corrected chi connectivity index (χ0v) is 15.5. The minimum absolute atomic E-state index is 0.127. The molecule has 7 nitrogen and oxygen atoms in total. The third kappa shape index (κ3) is 4.43. The molecule has 1 atom stereocenters. The first-order chi connectivity index (χ1) is 13.5. The van der Waals surface area contributed by atoms with E-state index < -0.39 is 5.91 Å². The van der Waals surface area contributed by atoms with Crippen molar-refractivity contribution in [3.05, 3.63) is 65.7 Å². The monoisotopic (exact) mass is 379 g/mol. The maximum absolute atomic E-state index is 12.7. The van der Waals surface area contributed by atoms with Crippen LogP contribution in [-0.4, -0.2) is 35.1 Å². The fourth-order valence-corrected chi connectivity index (χ4v) is 3.02. The molecule has 0 bridgehead atoms. The van der Waals surface area contributed by atoms with Gasteiger partial charge in [0, 0.05) is 12.8 Å². The molecule has 1 unspecified atom stereocenters. The van der Waals surface area contributed by atoms with Gasteiger partial charge in [0.1, 0.15) is 6.54 Å². The van der Waals surface area contributed by atoms with Gasteiger partial charge in [0.15, 0.2) is 0 Å². The lowest BCUT2D eigenvalue weighted by Crippen LogP contribution is -2.37. The van der Waals surface area contributed by atoms with Crippen LogP contribution in [0.5, 0.6) is 0 Å². The first-order valence-electron chi connectivity index (χ1n) is 9.03. The number of amides is 4. The molecule has 2 aromatic carbocycles. The molecule has 0 saturated carbocycles. The van der Waals surface area contributed by atoms with Crippen molar-refractivity contribution >= 4 is 29.3 Å². The Morgan fingerprint density at radius 1 is 0.964 bits per heavy atom. The topological polar surface area (TPSA) is 95.6 Å². The van der Waals surface area contributed by atoms with E-state index in [-0.39, 0.29) is 43.1 Å². The van der Waals surface area contributed by atoms with E-state index in [4.69, 9.17) is 0 Å². The third-order valence-electron chi connectivity index (χ3n) is 4.55. The maximum atomic E-state index is 12.7. The fraction of sp³-hybridized carbons (Fsp3) is 0.238. The highest BCUT2D eigenvalue weighted by atomic mass is 16.2. The first-order valence-corrected chi connectivity index (χ1v) is 9.03. The van der Waals surface area contributed by atoms with E-state index in [1.807, 2.05) is 37.3 Å². The number of anilines is 1. The third-order valence-corrected chi connectivity index (χ3v) is 4.55. The molecule has 0 aliphatic carbocycles. The number of nitrogens with one attached hydrogen (secondary N) is 2. The Morgan fingerprint density at radius 3 is 2.25 bits per heavy atom. The summed E-state index contributed by atoms with van der Waals surface area (Å²) in [6.07, 6.45) is 0.255. The van der Waals surface area contributed by atoms with E-state index in [9.17, 15) is 19.2 Å². The summed E-state index contributed by atoms with van der Waals surface area (Å²) in [5.74, 6) is -1.58. The predicted octanol–water partition coefficient (Wildman–Crippen LogP) is 2.27. The summed E-state index contributed by atoms with van der Waals surface area (Å²) in [5, 5.41) is 5.53. The maximum Gasteiger partial charge on any atom is 0.253 e. The number of likely N-dealkylation sites (tertiary alicyclic amines) is 1. The first kappa shape index (κ1) is 19.3. The number of rotatable bonds is 6. The second-order valence-electron chi connectivity index (χ2n) is 6.57. The second-order valence-corrected chi connectivity index (χ2v) is 6.57. The second kappa shape index (κ2) is 8.47. The number of carbonyl (C=O) groups excluding carboxylic acids is 4. The minimum Gasteiger partial charge on any atom is -0.345 e. The van der Waals surface area contributed by atoms with Crippen molar-refractivity contribution in [2.75, 3.05) is 11.9 Å². The number of imide groups is 1. The van der Waals surface area contributed by atoms with E-state index in [1.165, 1.54) is 0 Å². The molecular formula is C21H21N3O4. The summed E-state index contributed by atoms with van der Waals surface area (Å²) in [5.41, 5.74) is 1.59. The van der Waals surface area contributed by atoms with Crippen molar-refractivity contribution in [2.24, 2.45) is 0 Å². The van der Waals surface area contributed by atoms with Gasteiger partial charge in [-0.3, -0.25) is 24.1 Å². The smallest absolute Gasteiger partial charge is 0.253 e. The fourth-order valence-electron chi connectivity index (χ4n) is 3.02. The van der Waals surface area contributed by atoms with Crippen LogP contribution in [0.4, 0.5) is 5.69 Å². The van der Waals surface area contributed by atoms with E-state index in [1.54, 1.807) is 24.3 Å². The van der Waals surface area contributed by atoms with Gasteiger partial charge in [0.05, 0.1) is 17.3 Å². The van der Waals surface area contributed by atoms with E-state index in [0.29, 0.717) is 11.3 Å². The van der Waals surface area contributed by atoms with E-state index in [0.717, 1.165) is 10.5 Å². The summed E-state index contributed by atoms with van der Waals surface area (Å²) in [6.45, 7) is 1.52. The van der Waals surface area contributed by atoms with E-state index in [2.05, 4.69) is 10.6 Å². The lowest BCUT2D eigenvalue weighted by Gasteiger charge is -2.17. The molecule has 3 rings (SSSR count). The number of benzene rings is 2. The number of nitrogens with zero attached hydrogens (tertiary/aromatic N) is 1. The van der Waals surface area contributed by atoms with Crippen LogP contribution in [0, 0.1) is 0 Å². The van der Waals surface area contributed by atoms with Crippen molar-refractivity contribution in [3.63, 3.8) is 0 Å². The van der Waals surface area contributed by atoms with Gasteiger partial charge < -0.3 is 10.6 Å².